The van der Waals surface area contributed by atoms with Crippen LogP contribution >= 0.6 is 0 Å². The van der Waals surface area contributed by atoms with E-state index in [0.29, 0.717) is 0 Å². The Balaban J connectivity index is 1.72. The van der Waals surface area contributed by atoms with Crippen LogP contribution in [0.3, 0.4) is 0 Å². The van der Waals surface area contributed by atoms with Crippen LogP contribution in [-0.4, -0.2) is 18.8 Å². The molecule has 0 spiro atoms. The Kier molecular flexibility index (Phi) is 6.10. The predicted octanol–water partition coefficient (Wildman–Crippen LogP) is 4.20. The molecule has 140 valence electrons. The van der Waals surface area contributed by atoms with Gasteiger partial charge >= 0.3 is 0 Å². The molecule has 3 rings (SSSR count). The number of halogens is 1. The number of quaternary nitrogens is 1. The summed E-state index contributed by atoms with van der Waals surface area (Å²) in [6, 6.07) is 17.8. The molecule has 3 heteroatoms. The van der Waals surface area contributed by atoms with Gasteiger partial charge in [0.05, 0.1) is 12.1 Å². The monoisotopic (exact) mass is 356 g/mol. The van der Waals surface area contributed by atoms with E-state index in [2.05, 4.69) is 49.5 Å². The zero-order chi connectivity index (χ0) is 18.5. The van der Waals surface area contributed by atoms with Gasteiger partial charge < -0.3 is 10.1 Å². The molecular formula is C23H31FNO+. The normalized spacial score (nSPS) is 26.0. The topological polar surface area (TPSA) is 25.8 Å². The molecule has 0 radical (unpaired) electrons. The maximum atomic E-state index is 13.5. The van der Waals surface area contributed by atoms with E-state index < -0.39 is 0 Å². The van der Waals surface area contributed by atoms with Crippen LogP contribution < -0.4 is 5.32 Å². The first-order valence-electron chi connectivity index (χ1n) is 9.81. The van der Waals surface area contributed by atoms with Crippen molar-refractivity contribution in [2.75, 3.05) is 13.2 Å². The molecule has 1 fully saturated rings. The number of benzene rings is 2. The molecule has 1 heterocycles. The van der Waals surface area contributed by atoms with Gasteiger partial charge in [0.15, 0.2) is 0 Å². The summed E-state index contributed by atoms with van der Waals surface area (Å²) in [4.78, 5) is 0. The van der Waals surface area contributed by atoms with Crippen LogP contribution in [0.1, 0.15) is 50.7 Å². The van der Waals surface area contributed by atoms with Gasteiger partial charge in [0, 0.05) is 24.0 Å². The van der Waals surface area contributed by atoms with E-state index in [1.807, 2.05) is 12.1 Å². The Morgan fingerprint density at radius 1 is 1.08 bits per heavy atom. The molecule has 26 heavy (non-hydrogen) atoms. The van der Waals surface area contributed by atoms with Crippen molar-refractivity contribution in [1.82, 2.24) is 0 Å². The molecule has 0 bridgehead atoms. The Hall–Kier alpha value is -1.71. The first-order valence-corrected chi connectivity index (χ1v) is 9.81. The van der Waals surface area contributed by atoms with Gasteiger partial charge in [0.25, 0.3) is 0 Å². The summed E-state index contributed by atoms with van der Waals surface area (Å²) in [7, 11) is 0. The molecule has 2 atom stereocenters. The van der Waals surface area contributed by atoms with Gasteiger partial charge in [-0.25, -0.2) is 4.39 Å². The molecule has 0 amide bonds. The van der Waals surface area contributed by atoms with Crippen LogP contribution in [0.25, 0.3) is 0 Å². The summed E-state index contributed by atoms with van der Waals surface area (Å²) < 4.78 is 19.6. The van der Waals surface area contributed by atoms with Gasteiger partial charge in [-0.05, 0) is 43.9 Å². The van der Waals surface area contributed by atoms with E-state index >= 15 is 0 Å². The van der Waals surface area contributed by atoms with E-state index in [1.165, 1.54) is 11.1 Å². The highest BCUT2D eigenvalue weighted by atomic mass is 19.1. The number of rotatable bonds is 7. The summed E-state index contributed by atoms with van der Waals surface area (Å²) >= 11 is 0. The molecule has 2 nitrogen and oxygen atoms in total. The Bertz CT molecular complexity index is 687. The lowest BCUT2D eigenvalue weighted by molar-refractivity contribution is -0.672. The van der Waals surface area contributed by atoms with Crippen molar-refractivity contribution in [2.24, 2.45) is 0 Å². The molecular weight excluding hydrogens is 325 g/mol. The van der Waals surface area contributed by atoms with Crippen LogP contribution in [0.5, 0.6) is 0 Å². The quantitative estimate of drug-likeness (QED) is 0.740. The third-order valence-electron chi connectivity index (χ3n) is 6.00. The Morgan fingerprint density at radius 3 is 2.50 bits per heavy atom. The fourth-order valence-corrected chi connectivity index (χ4v) is 4.24. The minimum Gasteiger partial charge on any atom is -0.375 e. The smallest absolute Gasteiger partial charge is 0.123 e. The van der Waals surface area contributed by atoms with E-state index in [1.54, 1.807) is 12.1 Å². The third-order valence-corrected chi connectivity index (χ3v) is 6.00. The molecule has 0 unspecified atom stereocenters. The number of hydrogen-bond donors (Lipinski definition) is 1. The standard InChI is InChI=1S/C23H30FNO/c1-3-22(2)18-23(14-16-26-22,20-9-11-21(24)12-10-20)13-15-25-17-19-7-5-4-6-8-19/h4-12,25H,3,13-18H2,1-2H3/p+1/t22-,23-/m0/s1. The highest BCUT2D eigenvalue weighted by Gasteiger charge is 2.43. The van der Waals surface area contributed by atoms with Crippen molar-refractivity contribution >= 4 is 0 Å². The molecule has 2 aromatic carbocycles. The van der Waals surface area contributed by atoms with E-state index in [9.17, 15) is 4.39 Å². The van der Waals surface area contributed by atoms with Crippen molar-refractivity contribution in [3.8, 4) is 0 Å². The molecule has 0 aromatic heterocycles. The van der Waals surface area contributed by atoms with Crippen molar-refractivity contribution < 1.29 is 14.4 Å². The van der Waals surface area contributed by atoms with Gasteiger partial charge in [0.2, 0.25) is 0 Å². The average molecular weight is 357 g/mol. The molecule has 1 saturated heterocycles. The van der Waals surface area contributed by atoms with Crippen LogP contribution in [0.15, 0.2) is 54.6 Å². The molecule has 2 aromatic rings. The van der Waals surface area contributed by atoms with Gasteiger partial charge in [-0.1, -0.05) is 49.4 Å². The summed E-state index contributed by atoms with van der Waals surface area (Å²) in [6.45, 7) is 7.26. The Morgan fingerprint density at radius 2 is 1.81 bits per heavy atom. The van der Waals surface area contributed by atoms with Crippen molar-refractivity contribution in [1.29, 1.82) is 0 Å². The Labute approximate surface area is 156 Å². The van der Waals surface area contributed by atoms with Gasteiger partial charge in [0.1, 0.15) is 12.4 Å². The van der Waals surface area contributed by atoms with Crippen molar-refractivity contribution in [3.05, 3.63) is 71.5 Å². The van der Waals surface area contributed by atoms with Crippen molar-refractivity contribution in [3.63, 3.8) is 0 Å². The highest BCUT2D eigenvalue weighted by Crippen LogP contribution is 2.44. The van der Waals surface area contributed by atoms with Gasteiger partial charge in [-0.15, -0.1) is 0 Å². The average Bonchev–Trinajstić information content (AvgIpc) is 2.67. The second-order valence-electron chi connectivity index (χ2n) is 7.88. The highest BCUT2D eigenvalue weighted by molar-refractivity contribution is 5.27. The molecule has 2 N–H and O–H groups in total. The number of ether oxygens (including phenoxy) is 1. The second-order valence-corrected chi connectivity index (χ2v) is 7.88. The van der Waals surface area contributed by atoms with Crippen molar-refractivity contribution in [2.45, 2.75) is 57.1 Å². The van der Waals surface area contributed by atoms with E-state index in [4.69, 9.17) is 4.74 Å². The fraction of sp³-hybridized carbons (Fsp3) is 0.478. The molecule has 0 aliphatic carbocycles. The summed E-state index contributed by atoms with van der Waals surface area (Å²) in [5.41, 5.74) is 2.60. The molecule has 1 aliphatic rings. The lowest BCUT2D eigenvalue weighted by atomic mass is 9.66. The zero-order valence-electron chi connectivity index (χ0n) is 16.0. The number of nitrogens with two attached hydrogens (primary N) is 1. The maximum Gasteiger partial charge on any atom is 0.123 e. The third kappa shape index (κ3) is 4.52. The zero-order valence-corrected chi connectivity index (χ0v) is 16.0. The van der Waals surface area contributed by atoms with Crippen LogP contribution in [0.4, 0.5) is 4.39 Å². The molecule has 1 aliphatic heterocycles. The van der Waals surface area contributed by atoms with Crippen LogP contribution in [-0.2, 0) is 16.7 Å². The largest absolute Gasteiger partial charge is 0.375 e. The van der Waals surface area contributed by atoms with Gasteiger partial charge in [-0.2, -0.15) is 0 Å². The van der Waals surface area contributed by atoms with Crippen LogP contribution in [0, 0.1) is 5.82 Å². The van der Waals surface area contributed by atoms with Gasteiger partial charge in [-0.3, -0.25) is 0 Å². The SMILES string of the molecule is CC[C@@]1(C)C[C@@](CC[NH2+]Cc2ccccc2)(c2ccc(F)cc2)CCO1. The minimum absolute atomic E-state index is 0.0733. The minimum atomic E-state index is -0.162. The first kappa shape index (κ1) is 19.1. The maximum absolute atomic E-state index is 13.5. The lowest BCUT2D eigenvalue weighted by Gasteiger charge is -2.46. The summed E-state index contributed by atoms with van der Waals surface area (Å²) in [5.74, 6) is -0.162. The predicted molar refractivity (Wildman–Crippen MR) is 104 cm³/mol. The summed E-state index contributed by atoms with van der Waals surface area (Å²) in [6.07, 6.45) is 4.10. The van der Waals surface area contributed by atoms with Crippen LogP contribution in [0.2, 0.25) is 0 Å². The fourth-order valence-electron chi connectivity index (χ4n) is 4.24. The second kappa shape index (κ2) is 8.32. The molecule has 0 saturated carbocycles. The lowest BCUT2D eigenvalue weighted by Crippen LogP contribution is -2.83. The van der Waals surface area contributed by atoms with E-state index in [-0.39, 0.29) is 16.8 Å². The summed E-state index contributed by atoms with van der Waals surface area (Å²) in [5, 5.41) is 2.39. The number of hydrogen-bond acceptors (Lipinski definition) is 1. The van der Waals surface area contributed by atoms with E-state index in [0.717, 1.165) is 45.4 Å². The first-order chi connectivity index (χ1) is 12.6.